The van der Waals surface area contributed by atoms with Crippen molar-refractivity contribution in [2.24, 2.45) is 0 Å². The van der Waals surface area contributed by atoms with Gasteiger partial charge in [0, 0.05) is 37.2 Å². The highest BCUT2D eigenvalue weighted by Gasteiger charge is 2.29. The van der Waals surface area contributed by atoms with E-state index in [4.69, 9.17) is 0 Å². The van der Waals surface area contributed by atoms with Crippen LogP contribution in [-0.2, 0) is 4.79 Å². The molecule has 0 aliphatic heterocycles. The number of aliphatic carboxylic acids is 1. The Morgan fingerprint density at radius 1 is 1.32 bits per heavy atom. The zero-order valence-electron chi connectivity index (χ0n) is 12.7. The number of carboxylic acids is 1. The van der Waals surface area contributed by atoms with Crippen LogP contribution in [0.15, 0.2) is 36.9 Å². The summed E-state index contributed by atoms with van der Waals surface area (Å²) in [6.07, 6.45) is 6.06. The predicted molar refractivity (Wildman–Crippen MR) is 79.3 cm³/mol. The van der Waals surface area contributed by atoms with Crippen molar-refractivity contribution in [1.82, 2.24) is 19.7 Å². The zero-order valence-corrected chi connectivity index (χ0v) is 12.7. The van der Waals surface area contributed by atoms with Crippen molar-refractivity contribution >= 4 is 11.9 Å². The van der Waals surface area contributed by atoms with E-state index >= 15 is 0 Å². The van der Waals surface area contributed by atoms with Crippen LogP contribution in [0, 0.1) is 0 Å². The van der Waals surface area contributed by atoms with Crippen molar-refractivity contribution in [3.8, 4) is 0 Å². The summed E-state index contributed by atoms with van der Waals surface area (Å²) in [6, 6.07) is 2.30. The van der Waals surface area contributed by atoms with E-state index in [0.29, 0.717) is 11.1 Å². The van der Waals surface area contributed by atoms with Gasteiger partial charge in [-0.15, -0.1) is 0 Å². The van der Waals surface area contributed by atoms with Gasteiger partial charge in [0.1, 0.15) is 0 Å². The third-order valence-electron chi connectivity index (χ3n) is 3.32. The van der Waals surface area contributed by atoms with E-state index in [1.165, 1.54) is 24.3 Å². The molecule has 1 atom stereocenters. The average molecular weight is 302 g/mol. The van der Waals surface area contributed by atoms with Crippen LogP contribution < -0.4 is 0 Å². The molecule has 2 heterocycles. The summed E-state index contributed by atoms with van der Waals surface area (Å²) in [5.41, 5.74) is 0.799. The van der Waals surface area contributed by atoms with Crippen LogP contribution in [0.1, 0.15) is 41.9 Å². The molecule has 2 aromatic rings. The SMILES string of the molecule is CC(C)n1cc(C(=O)N(C)[C@H](C(=O)O)c2cccnc2)cn1. The molecule has 1 N–H and O–H groups in total. The Bertz CT molecular complexity index is 666. The molecule has 7 nitrogen and oxygen atoms in total. The Morgan fingerprint density at radius 3 is 2.55 bits per heavy atom. The fraction of sp³-hybridized carbons (Fsp3) is 0.333. The molecule has 0 unspecified atom stereocenters. The highest BCUT2D eigenvalue weighted by atomic mass is 16.4. The summed E-state index contributed by atoms with van der Waals surface area (Å²) in [6.45, 7) is 3.89. The number of rotatable bonds is 5. The number of pyridine rings is 1. The maximum absolute atomic E-state index is 12.5. The number of carbonyl (C=O) groups is 2. The Hall–Kier alpha value is -2.70. The van der Waals surface area contributed by atoms with Crippen molar-refractivity contribution in [1.29, 1.82) is 0 Å². The van der Waals surface area contributed by atoms with Crippen LogP contribution >= 0.6 is 0 Å². The molecule has 0 saturated carbocycles. The minimum absolute atomic E-state index is 0.125. The van der Waals surface area contributed by atoms with Crippen LogP contribution in [0.5, 0.6) is 0 Å². The van der Waals surface area contributed by atoms with Crippen LogP contribution in [0.4, 0.5) is 0 Å². The maximum atomic E-state index is 12.5. The molecule has 0 fully saturated rings. The third-order valence-corrected chi connectivity index (χ3v) is 3.32. The fourth-order valence-corrected chi connectivity index (χ4v) is 2.12. The second-order valence-corrected chi connectivity index (χ2v) is 5.25. The van der Waals surface area contributed by atoms with Gasteiger partial charge in [-0.05, 0) is 19.9 Å². The van der Waals surface area contributed by atoms with Gasteiger partial charge in [-0.3, -0.25) is 14.5 Å². The lowest BCUT2D eigenvalue weighted by Crippen LogP contribution is -2.35. The average Bonchev–Trinajstić information content (AvgIpc) is 2.97. The number of carboxylic acid groups (broad SMARTS) is 1. The van der Waals surface area contributed by atoms with Crippen molar-refractivity contribution in [2.75, 3.05) is 7.05 Å². The Morgan fingerprint density at radius 2 is 2.05 bits per heavy atom. The number of likely N-dealkylation sites (N-methyl/N-ethyl adjacent to an activating group) is 1. The van der Waals surface area contributed by atoms with Gasteiger partial charge < -0.3 is 10.0 Å². The topological polar surface area (TPSA) is 88.3 Å². The molecule has 7 heteroatoms. The monoisotopic (exact) mass is 302 g/mol. The minimum atomic E-state index is -1.11. The van der Waals surface area contributed by atoms with Gasteiger partial charge in [0.2, 0.25) is 0 Å². The highest BCUT2D eigenvalue weighted by molar-refractivity contribution is 5.96. The molecule has 2 rings (SSSR count). The van der Waals surface area contributed by atoms with E-state index in [2.05, 4.69) is 10.1 Å². The summed E-state index contributed by atoms with van der Waals surface area (Å²) in [5, 5.41) is 13.5. The summed E-state index contributed by atoms with van der Waals surface area (Å²) in [5.74, 6) is -1.51. The number of aromatic nitrogens is 3. The largest absolute Gasteiger partial charge is 0.479 e. The van der Waals surface area contributed by atoms with Gasteiger partial charge >= 0.3 is 5.97 Å². The van der Waals surface area contributed by atoms with E-state index in [1.54, 1.807) is 29.2 Å². The standard InChI is InChI=1S/C15H18N4O3/c1-10(2)19-9-12(8-17-19)14(20)18(3)13(15(21)22)11-5-4-6-16-7-11/h4-10,13H,1-3H3,(H,21,22)/t13-/m0/s1. The Balaban J connectivity index is 2.28. The number of amides is 1. The van der Waals surface area contributed by atoms with Gasteiger partial charge in [-0.25, -0.2) is 4.79 Å². The summed E-state index contributed by atoms with van der Waals surface area (Å²) in [4.78, 5) is 29.1. The molecule has 1 amide bonds. The number of hydrogen-bond donors (Lipinski definition) is 1. The lowest BCUT2D eigenvalue weighted by Gasteiger charge is -2.24. The van der Waals surface area contributed by atoms with Crippen molar-refractivity contribution in [2.45, 2.75) is 25.9 Å². The first-order valence-electron chi connectivity index (χ1n) is 6.86. The van der Waals surface area contributed by atoms with Crippen LogP contribution in [0.3, 0.4) is 0 Å². The van der Waals surface area contributed by atoms with E-state index in [9.17, 15) is 14.7 Å². The minimum Gasteiger partial charge on any atom is -0.479 e. The molecule has 116 valence electrons. The number of nitrogens with zero attached hydrogens (tertiary/aromatic N) is 4. The number of hydrogen-bond acceptors (Lipinski definition) is 4. The number of carbonyl (C=O) groups excluding carboxylic acids is 1. The van der Waals surface area contributed by atoms with Crippen LogP contribution in [-0.4, -0.2) is 43.7 Å². The predicted octanol–water partition coefficient (Wildman–Crippen LogP) is 1.76. The van der Waals surface area contributed by atoms with Crippen LogP contribution in [0.2, 0.25) is 0 Å². The first kappa shape index (κ1) is 15.7. The lowest BCUT2D eigenvalue weighted by molar-refractivity contribution is -0.142. The first-order chi connectivity index (χ1) is 10.4. The molecule has 0 aliphatic carbocycles. The molecular weight excluding hydrogens is 284 g/mol. The summed E-state index contributed by atoms with van der Waals surface area (Å²) >= 11 is 0. The van der Waals surface area contributed by atoms with Gasteiger partial charge in [-0.2, -0.15) is 5.10 Å². The Kier molecular flexibility index (Phi) is 4.55. The molecular formula is C15H18N4O3. The maximum Gasteiger partial charge on any atom is 0.331 e. The van der Waals surface area contributed by atoms with Gasteiger partial charge in [0.25, 0.3) is 5.91 Å². The second-order valence-electron chi connectivity index (χ2n) is 5.25. The van der Waals surface area contributed by atoms with Gasteiger partial charge in [0.15, 0.2) is 6.04 Å². The quantitative estimate of drug-likeness (QED) is 0.909. The molecule has 0 bridgehead atoms. The summed E-state index contributed by atoms with van der Waals surface area (Å²) < 4.78 is 1.65. The summed E-state index contributed by atoms with van der Waals surface area (Å²) in [7, 11) is 1.46. The van der Waals surface area contributed by atoms with Crippen LogP contribution in [0.25, 0.3) is 0 Å². The normalized spacial score (nSPS) is 12.2. The first-order valence-corrected chi connectivity index (χ1v) is 6.86. The van der Waals surface area contributed by atoms with E-state index in [-0.39, 0.29) is 6.04 Å². The van der Waals surface area contributed by atoms with Crippen molar-refractivity contribution in [3.05, 3.63) is 48.0 Å². The van der Waals surface area contributed by atoms with Gasteiger partial charge in [-0.1, -0.05) is 6.07 Å². The molecule has 22 heavy (non-hydrogen) atoms. The zero-order chi connectivity index (χ0) is 16.3. The van der Waals surface area contributed by atoms with Crippen molar-refractivity contribution < 1.29 is 14.7 Å². The van der Waals surface area contributed by atoms with E-state index < -0.39 is 17.9 Å². The second kappa shape index (κ2) is 6.38. The van der Waals surface area contributed by atoms with E-state index in [0.717, 1.165) is 0 Å². The molecule has 0 aromatic carbocycles. The third kappa shape index (κ3) is 3.13. The molecule has 2 aromatic heterocycles. The lowest BCUT2D eigenvalue weighted by atomic mass is 10.1. The van der Waals surface area contributed by atoms with Crippen molar-refractivity contribution in [3.63, 3.8) is 0 Å². The Labute approximate surface area is 128 Å². The molecule has 0 radical (unpaired) electrons. The fourth-order valence-electron chi connectivity index (χ4n) is 2.12. The molecule has 0 aliphatic rings. The molecule has 0 saturated heterocycles. The van der Waals surface area contributed by atoms with E-state index in [1.807, 2.05) is 13.8 Å². The van der Waals surface area contributed by atoms with Gasteiger partial charge in [0.05, 0.1) is 11.8 Å². The highest BCUT2D eigenvalue weighted by Crippen LogP contribution is 2.21. The molecule has 0 spiro atoms. The smallest absolute Gasteiger partial charge is 0.331 e.